The van der Waals surface area contributed by atoms with Gasteiger partial charge in [0.25, 0.3) is 0 Å². The van der Waals surface area contributed by atoms with Crippen LogP contribution in [-0.4, -0.2) is 67.6 Å². The molecule has 0 heterocycles. The molecule has 0 spiro atoms. The Hall–Kier alpha value is -1.74. The molecule has 0 saturated heterocycles. The highest BCUT2D eigenvalue weighted by molar-refractivity contribution is 7.80. The van der Waals surface area contributed by atoms with Gasteiger partial charge >= 0.3 is 17.8 Å². The van der Waals surface area contributed by atoms with Gasteiger partial charge in [0, 0.05) is 13.7 Å². The molecule has 0 aromatic rings. The number of nitrogens with two attached hydrogens (primary N) is 1. The van der Waals surface area contributed by atoms with Crippen molar-refractivity contribution in [3.63, 3.8) is 0 Å². The summed E-state index contributed by atoms with van der Waals surface area (Å²) in [7, 11) is 1.44. The number of hydrogen-bond donors (Lipinski definition) is 2. The monoisotopic (exact) mass is 305 g/mol. The van der Waals surface area contributed by atoms with Crippen LogP contribution >= 0.6 is 12.2 Å². The fourth-order valence-electron chi connectivity index (χ4n) is 1.20. The van der Waals surface area contributed by atoms with Gasteiger partial charge in [-0.25, -0.2) is 0 Å². The van der Waals surface area contributed by atoms with E-state index in [2.05, 4.69) is 17.5 Å². The zero-order chi connectivity index (χ0) is 15.5. The maximum Gasteiger partial charge on any atom is 0.325 e. The molecule has 114 valence electrons. The lowest BCUT2D eigenvalue weighted by Gasteiger charge is -2.20. The van der Waals surface area contributed by atoms with E-state index in [1.54, 1.807) is 6.92 Å². The van der Waals surface area contributed by atoms with Crippen molar-refractivity contribution in [1.82, 2.24) is 10.2 Å². The lowest BCUT2D eigenvalue weighted by Crippen LogP contribution is -2.48. The Labute approximate surface area is 122 Å². The number of hydrogen-bond acceptors (Lipinski definition) is 6. The molecular weight excluding hydrogens is 286 g/mol. The van der Waals surface area contributed by atoms with Gasteiger partial charge in [-0.1, -0.05) is 12.2 Å². The SMILES string of the molecule is CCOC(=O)CN(CCOC)C(=O)C(=O)NCC(N)=S. The summed E-state index contributed by atoms with van der Waals surface area (Å²) in [6, 6.07) is 0. The predicted octanol–water partition coefficient (Wildman–Crippen LogP) is -1.57. The first-order valence-corrected chi connectivity index (χ1v) is 6.33. The third kappa shape index (κ3) is 7.64. The Morgan fingerprint density at radius 2 is 2.00 bits per heavy atom. The summed E-state index contributed by atoms with van der Waals surface area (Å²) in [5.41, 5.74) is 5.22. The molecule has 0 aliphatic rings. The quantitative estimate of drug-likeness (QED) is 0.316. The Morgan fingerprint density at radius 1 is 1.35 bits per heavy atom. The van der Waals surface area contributed by atoms with Crippen LogP contribution in [0.2, 0.25) is 0 Å². The molecule has 0 aliphatic heterocycles. The van der Waals surface area contributed by atoms with Crippen molar-refractivity contribution in [2.24, 2.45) is 5.73 Å². The summed E-state index contributed by atoms with van der Waals surface area (Å²) < 4.78 is 9.56. The van der Waals surface area contributed by atoms with E-state index < -0.39 is 17.8 Å². The van der Waals surface area contributed by atoms with Gasteiger partial charge in [-0.05, 0) is 6.92 Å². The van der Waals surface area contributed by atoms with Gasteiger partial charge in [-0.2, -0.15) is 0 Å². The third-order valence-electron chi connectivity index (χ3n) is 2.10. The normalized spacial score (nSPS) is 9.70. The van der Waals surface area contributed by atoms with E-state index in [-0.39, 0.29) is 37.8 Å². The van der Waals surface area contributed by atoms with Crippen molar-refractivity contribution >= 4 is 35.0 Å². The molecular formula is C11H19N3O5S. The first-order valence-electron chi connectivity index (χ1n) is 5.92. The van der Waals surface area contributed by atoms with Crippen LogP contribution < -0.4 is 11.1 Å². The molecule has 0 bridgehead atoms. The van der Waals surface area contributed by atoms with E-state index in [9.17, 15) is 14.4 Å². The Kier molecular flexibility index (Phi) is 9.22. The molecule has 8 nitrogen and oxygen atoms in total. The second-order valence-electron chi connectivity index (χ2n) is 3.67. The van der Waals surface area contributed by atoms with Crippen LogP contribution in [0.4, 0.5) is 0 Å². The zero-order valence-electron chi connectivity index (χ0n) is 11.5. The van der Waals surface area contributed by atoms with Gasteiger partial charge in [-0.15, -0.1) is 0 Å². The number of methoxy groups -OCH3 is 1. The van der Waals surface area contributed by atoms with Crippen molar-refractivity contribution < 1.29 is 23.9 Å². The first kappa shape index (κ1) is 18.3. The number of thiocarbonyl (C=S) groups is 1. The van der Waals surface area contributed by atoms with Crippen LogP contribution in [0.25, 0.3) is 0 Å². The smallest absolute Gasteiger partial charge is 0.325 e. The van der Waals surface area contributed by atoms with E-state index in [4.69, 9.17) is 15.2 Å². The molecule has 0 aliphatic carbocycles. The number of rotatable bonds is 8. The average molecular weight is 305 g/mol. The van der Waals surface area contributed by atoms with E-state index in [0.29, 0.717) is 0 Å². The highest BCUT2D eigenvalue weighted by atomic mass is 32.1. The van der Waals surface area contributed by atoms with Gasteiger partial charge < -0.3 is 25.4 Å². The van der Waals surface area contributed by atoms with Gasteiger partial charge in [0.2, 0.25) is 0 Å². The van der Waals surface area contributed by atoms with E-state index in [1.165, 1.54) is 7.11 Å². The van der Waals surface area contributed by atoms with Gasteiger partial charge in [0.15, 0.2) is 0 Å². The van der Waals surface area contributed by atoms with Crippen molar-refractivity contribution in [2.75, 3.05) is 40.0 Å². The fourth-order valence-corrected chi connectivity index (χ4v) is 1.28. The molecule has 0 aromatic heterocycles. The molecule has 0 rings (SSSR count). The summed E-state index contributed by atoms with van der Waals surface area (Å²) >= 11 is 4.58. The minimum absolute atomic E-state index is 0.0555. The van der Waals surface area contributed by atoms with Gasteiger partial charge in [0.05, 0.1) is 24.7 Å². The minimum Gasteiger partial charge on any atom is -0.465 e. The van der Waals surface area contributed by atoms with Crippen molar-refractivity contribution in [3.05, 3.63) is 0 Å². The van der Waals surface area contributed by atoms with Crippen molar-refractivity contribution in [3.8, 4) is 0 Å². The van der Waals surface area contributed by atoms with Gasteiger partial charge in [-0.3, -0.25) is 14.4 Å². The van der Waals surface area contributed by atoms with Crippen LogP contribution in [0.15, 0.2) is 0 Å². The number of esters is 1. The summed E-state index contributed by atoms with van der Waals surface area (Å²) in [6.45, 7) is 1.71. The van der Waals surface area contributed by atoms with Crippen LogP contribution in [0, 0.1) is 0 Å². The first-order chi connectivity index (χ1) is 9.42. The molecule has 0 aromatic carbocycles. The zero-order valence-corrected chi connectivity index (χ0v) is 12.3. The number of carbonyl (C=O) groups is 3. The van der Waals surface area contributed by atoms with E-state index in [0.717, 1.165) is 4.90 Å². The number of carbonyl (C=O) groups excluding carboxylic acids is 3. The lowest BCUT2D eigenvalue weighted by molar-refractivity contribution is -0.152. The van der Waals surface area contributed by atoms with Gasteiger partial charge in [0.1, 0.15) is 6.54 Å². The summed E-state index contributed by atoms with van der Waals surface area (Å²) in [5.74, 6) is -2.36. The molecule has 9 heteroatoms. The molecule has 2 amide bonds. The van der Waals surface area contributed by atoms with E-state index in [1.807, 2.05) is 0 Å². The maximum absolute atomic E-state index is 11.9. The van der Waals surface area contributed by atoms with Crippen molar-refractivity contribution in [1.29, 1.82) is 0 Å². The molecule has 0 saturated carbocycles. The average Bonchev–Trinajstić information content (AvgIpc) is 2.40. The Bertz CT molecular complexity index is 375. The largest absolute Gasteiger partial charge is 0.465 e. The molecule has 3 N–H and O–H groups in total. The standard InChI is InChI=1S/C11H19N3O5S/c1-3-19-9(15)7-14(4-5-18-2)11(17)10(16)13-6-8(12)20/h3-7H2,1-2H3,(H2,12,20)(H,13,16). The molecule has 0 fully saturated rings. The van der Waals surface area contributed by atoms with Crippen LogP contribution in [0.1, 0.15) is 6.92 Å². The number of nitrogens with zero attached hydrogens (tertiary/aromatic N) is 1. The second kappa shape index (κ2) is 10.1. The second-order valence-corrected chi connectivity index (χ2v) is 4.20. The third-order valence-corrected chi connectivity index (χ3v) is 2.24. The minimum atomic E-state index is -0.891. The molecule has 0 radical (unpaired) electrons. The topological polar surface area (TPSA) is 111 Å². The highest BCUT2D eigenvalue weighted by Gasteiger charge is 2.24. The van der Waals surface area contributed by atoms with Crippen LogP contribution in [-0.2, 0) is 23.9 Å². The Balaban J connectivity index is 4.57. The number of nitrogens with one attached hydrogen (secondary N) is 1. The van der Waals surface area contributed by atoms with Crippen LogP contribution in [0.3, 0.4) is 0 Å². The maximum atomic E-state index is 11.9. The predicted molar refractivity (Wildman–Crippen MR) is 74.9 cm³/mol. The fraction of sp³-hybridized carbons (Fsp3) is 0.636. The highest BCUT2D eigenvalue weighted by Crippen LogP contribution is 1.93. The molecule has 0 atom stereocenters. The van der Waals surface area contributed by atoms with Crippen molar-refractivity contribution in [2.45, 2.75) is 6.92 Å². The number of amides is 2. The molecule has 20 heavy (non-hydrogen) atoms. The van der Waals surface area contributed by atoms with Crippen LogP contribution in [0.5, 0.6) is 0 Å². The summed E-state index contributed by atoms with van der Waals surface area (Å²) in [6.07, 6.45) is 0. The summed E-state index contributed by atoms with van der Waals surface area (Å²) in [4.78, 5) is 35.9. The Morgan fingerprint density at radius 3 is 2.50 bits per heavy atom. The summed E-state index contributed by atoms with van der Waals surface area (Å²) in [5, 5.41) is 2.25. The lowest BCUT2D eigenvalue weighted by atomic mass is 10.4. The number of ether oxygens (including phenoxy) is 2. The van der Waals surface area contributed by atoms with E-state index >= 15 is 0 Å². The molecule has 0 unspecified atom stereocenters.